The van der Waals surface area contributed by atoms with Gasteiger partial charge in [0.2, 0.25) is 11.8 Å². The number of carboxylic acids is 2. The summed E-state index contributed by atoms with van der Waals surface area (Å²) in [6.45, 7) is 0. The lowest BCUT2D eigenvalue weighted by atomic mass is 10.2. The number of anilines is 2. The quantitative estimate of drug-likeness (QED) is 0.581. The molecule has 0 atom stereocenters. The van der Waals surface area contributed by atoms with Gasteiger partial charge in [-0.05, 0) is 18.2 Å². The van der Waals surface area contributed by atoms with Crippen LogP contribution in [-0.2, 0) is 19.2 Å². The highest BCUT2D eigenvalue weighted by Gasteiger charge is 2.06. The Morgan fingerprint density at radius 1 is 0.870 bits per heavy atom. The Morgan fingerprint density at radius 2 is 1.39 bits per heavy atom. The third-order valence-corrected chi connectivity index (χ3v) is 2.56. The Balaban J connectivity index is 2.74. The number of carbonyl (C=O) groups is 4. The van der Waals surface area contributed by atoms with Crippen molar-refractivity contribution in [3.63, 3.8) is 0 Å². The zero-order valence-electron chi connectivity index (χ0n) is 11.4. The van der Waals surface area contributed by atoms with Crippen LogP contribution in [0.3, 0.4) is 0 Å². The number of nitrogens with one attached hydrogen (secondary N) is 2. The Labute approximate surface area is 135 Å². The molecule has 1 aromatic carbocycles. The van der Waals surface area contributed by atoms with E-state index >= 15 is 0 Å². The summed E-state index contributed by atoms with van der Waals surface area (Å²) < 4.78 is 0. The topological polar surface area (TPSA) is 133 Å². The Morgan fingerprint density at radius 3 is 1.87 bits per heavy atom. The first-order chi connectivity index (χ1) is 10.8. The molecule has 0 saturated heterocycles. The number of carbonyl (C=O) groups excluding carboxylic acids is 2. The number of rotatable bonds is 6. The fourth-order valence-electron chi connectivity index (χ4n) is 1.35. The van der Waals surface area contributed by atoms with Gasteiger partial charge >= 0.3 is 11.9 Å². The third-order valence-electron chi connectivity index (χ3n) is 2.25. The van der Waals surface area contributed by atoms with Gasteiger partial charge in [-0.15, -0.1) is 0 Å². The van der Waals surface area contributed by atoms with Gasteiger partial charge in [0.25, 0.3) is 0 Å². The van der Waals surface area contributed by atoms with E-state index in [2.05, 4.69) is 10.6 Å². The summed E-state index contributed by atoms with van der Waals surface area (Å²) in [6, 6.07) is 4.16. The molecule has 23 heavy (non-hydrogen) atoms. The number of carboxylic acid groups (broad SMARTS) is 2. The summed E-state index contributed by atoms with van der Waals surface area (Å²) in [5.41, 5.74) is 0.500. The zero-order valence-corrected chi connectivity index (χ0v) is 12.2. The predicted molar refractivity (Wildman–Crippen MR) is 82.3 cm³/mol. The molecule has 0 bridgehead atoms. The van der Waals surface area contributed by atoms with Gasteiger partial charge in [-0.1, -0.05) is 11.6 Å². The van der Waals surface area contributed by atoms with Crippen LogP contribution in [-0.4, -0.2) is 34.0 Å². The Bertz CT molecular complexity index is 711. The second-order valence-corrected chi connectivity index (χ2v) is 4.42. The molecule has 0 aliphatic rings. The first-order valence-corrected chi connectivity index (χ1v) is 6.39. The lowest BCUT2D eigenvalue weighted by Crippen LogP contribution is -2.11. The fraction of sp³-hybridized carbons (Fsp3) is 0. The Kier molecular flexibility index (Phi) is 6.50. The van der Waals surface area contributed by atoms with Crippen LogP contribution in [0.5, 0.6) is 0 Å². The minimum atomic E-state index is -1.27. The molecule has 0 unspecified atom stereocenters. The first kappa shape index (κ1) is 17.9. The van der Waals surface area contributed by atoms with Crippen LogP contribution in [0, 0.1) is 0 Å². The van der Waals surface area contributed by atoms with E-state index < -0.39 is 23.8 Å². The molecule has 9 heteroatoms. The molecule has 0 heterocycles. The summed E-state index contributed by atoms with van der Waals surface area (Å²) in [6.07, 6.45) is 3.01. The van der Waals surface area contributed by atoms with Crippen LogP contribution in [0.15, 0.2) is 42.5 Å². The van der Waals surface area contributed by atoms with E-state index in [1.807, 2.05) is 0 Å². The van der Waals surface area contributed by atoms with E-state index in [0.717, 1.165) is 12.2 Å². The van der Waals surface area contributed by atoms with Gasteiger partial charge in [0.15, 0.2) is 0 Å². The number of benzene rings is 1. The smallest absolute Gasteiger partial charge is 0.328 e. The number of hydrogen-bond acceptors (Lipinski definition) is 4. The third kappa shape index (κ3) is 6.91. The number of hydrogen-bond donors (Lipinski definition) is 4. The zero-order chi connectivity index (χ0) is 17.4. The van der Waals surface area contributed by atoms with Crippen LogP contribution >= 0.6 is 11.6 Å². The molecule has 120 valence electrons. The van der Waals surface area contributed by atoms with Gasteiger partial charge in [0.1, 0.15) is 0 Å². The SMILES string of the molecule is O=C(O)/C=C/C(=O)Nc1ccc(NC(=O)/C=C/C(=O)O)c(Cl)c1. The highest BCUT2D eigenvalue weighted by atomic mass is 35.5. The van der Waals surface area contributed by atoms with Gasteiger partial charge in [-0.25, -0.2) is 9.59 Å². The molecule has 0 aromatic heterocycles. The van der Waals surface area contributed by atoms with Gasteiger partial charge in [0, 0.05) is 30.0 Å². The van der Waals surface area contributed by atoms with E-state index in [4.69, 9.17) is 21.8 Å². The second-order valence-electron chi connectivity index (χ2n) is 4.02. The van der Waals surface area contributed by atoms with Crippen molar-refractivity contribution in [3.05, 3.63) is 47.5 Å². The van der Waals surface area contributed by atoms with Crippen molar-refractivity contribution in [1.82, 2.24) is 0 Å². The van der Waals surface area contributed by atoms with Crippen LogP contribution in [0.1, 0.15) is 0 Å². The molecule has 0 spiro atoms. The number of aliphatic carboxylic acids is 2. The number of halogens is 1. The van der Waals surface area contributed by atoms with E-state index in [1.165, 1.54) is 18.2 Å². The molecule has 2 amide bonds. The molecule has 1 rings (SSSR count). The van der Waals surface area contributed by atoms with Crippen molar-refractivity contribution in [2.24, 2.45) is 0 Å². The van der Waals surface area contributed by atoms with Gasteiger partial charge in [-0.3, -0.25) is 9.59 Å². The van der Waals surface area contributed by atoms with Crippen LogP contribution in [0.25, 0.3) is 0 Å². The summed E-state index contributed by atoms with van der Waals surface area (Å²) in [5, 5.41) is 21.6. The van der Waals surface area contributed by atoms with Crippen molar-refractivity contribution in [2.75, 3.05) is 10.6 Å². The molecule has 0 radical (unpaired) electrons. The van der Waals surface area contributed by atoms with E-state index in [-0.39, 0.29) is 16.4 Å². The van der Waals surface area contributed by atoms with Crippen molar-refractivity contribution in [2.45, 2.75) is 0 Å². The Hall–Kier alpha value is -3.13. The first-order valence-electron chi connectivity index (χ1n) is 6.01. The maximum Gasteiger partial charge on any atom is 0.328 e. The van der Waals surface area contributed by atoms with Crippen LogP contribution in [0.2, 0.25) is 5.02 Å². The minimum Gasteiger partial charge on any atom is -0.478 e. The lowest BCUT2D eigenvalue weighted by Gasteiger charge is -2.08. The summed E-state index contributed by atoms with van der Waals surface area (Å²) in [7, 11) is 0. The summed E-state index contributed by atoms with van der Waals surface area (Å²) >= 11 is 5.93. The predicted octanol–water partition coefficient (Wildman–Crippen LogP) is 1.50. The van der Waals surface area contributed by atoms with Crippen molar-refractivity contribution >= 4 is 46.7 Å². The molecular weight excluding hydrogens is 328 g/mol. The molecular formula is C14H11ClN2O6. The van der Waals surface area contributed by atoms with E-state index in [1.54, 1.807) is 0 Å². The van der Waals surface area contributed by atoms with Crippen molar-refractivity contribution in [3.8, 4) is 0 Å². The molecule has 4 N–H and O–H groups in total. The molecule has 1 aromatic rings. The van der Waals surface area contributed by atoms with Gasteiger partial charge in [-0.2, -0.15) is 0 Å². The average Bonchev–Trinajstić information content (AvgIpc) is 2.46. The average molecular weight is 339 g/mol. The molecule has 0 aliphatic carbocycles. The number of amides is 2. The van der Waals surface area contributed by atoms with Crippen LogP contribution < -0.4 is 10.6 Å². The van der Waals surface area contributed by atoms with Crippen LogP contribution in [0.4, 0.5) is 11.4 Å². The van der Waals surface area contributed by atoms with E-state index in [9.17, 15) is 19.2 Å². The van der Waals surface area contributed by atoms with E-state index in [0.29, 0.717) is 12.2 Å². The van der Waals surface area contributed by atoms with Crippen molar-refractivity contribution < 1.29 is 29.4 Å². The largest absolute Gasteiger partial charge is 0.478 e. The summed E-state index contributed by atoms with van der Waals surface area (Å²) in [4.78, 5) is 43.4. The molecule has 0 saturated carbocycles. The van der Waals surface area contributed by atoms with Gasteiger partial charge < -0.3 is 20.8 Å². The highest BCUT2D eigenvalue weighted by molar-refractivity contribution is 6.34. The minimum absolute atomic E-state index is 0.0992. The monoisotopic (exact) mass is 338 g/mol. The van der Waals surface area contributed by atoms with Gasteiger partial charge in [0.05, 0.1) is 10.7 Å². The normalized spacial score (nSPS) is 10.7. The maximum absolute atomic E-state index is 11.4. The highest BCUT2D eigenvalue weighted by Crippen LogP contribution is 2.25. The summed E-state index contributed by atoms with van der Waals surface area (Å²) in [5.74, 6) is -3.87. The standard InChI is InChI=1S/C14H11ClN2O6/c15-9-7-8(16-11(18)3-5-13(20)21)1-2-10(9)17-12(19)4-6-14(22)23/h1-7H,(H,16,18)(H,17,19)(H,20,21)(H,22,23)/b5-3+,6-4+. The van der Waals surface area contributed by atoms with Crippen molar-refractivity contribution in [1.29, 1.82) is 0 Å². The molecule has 0 fully saturated rings. The molecule has 0 aliphatic heterocycles. The lowest BCUT2D eigenvalue weighted by molar-refractivity contribution is -0.132. The molecule has 8 nitrogen and oxygen atoms in total. The fourth-order valence-corrected chi connectivity index (χ4v) is 1.57. The second kappa shape index (κ2) is 8.35. The maximum atomic E-state index is 11.4.